The second-order valence-electron chi connectivity index (χ2n) is 2.54. The zero-order chi connectivity index (χ0) is 7.28. The van der Waals surface area contributed by atoms with Crippen LogP contribution in [0, 0.1) is 5.92 Å². The van der Waals surface area contributed by atoms with Gasteiger partial charge >= 0.3 is 0 Å². The maximum absolute atomic E-state index is 10.1. The first kappa shape index (κ1) is 8.59. The van der Waals surface area contributed by atoms with Crippen molar-refractivity contribution < 1.29 is 4.79 Å². The van der Waals surface area contributed by atoms with Gasteiger partial charge in [0.25, 0.3) is 0 Å². The Balaban J connectivity index is 3.42. The molecule has 0 unspecified atom stereocenters. The number of hydrogen-bond acceptors (Lipinski definition) is 3. The molecule has 0 saturated carbocycles. The van der Waals surface area contributed by atoms with E-state index in [-0.39, 0.29) is 6.04 Å². The summed E-state index contributed by atoms with van der Waals surface area (Å²) in [5.74, 6) is 5.56. The largest absolute Gasteiger partial charge is 0.302 e. The van der Waals surface area contributed by atoms with Crippen molar-refractivity contribution in [1.29, 1.82) is 0 Å². The summed E-state index contributed by atoms with van der Waals surface area (Å²) in [6, 6.07) is -0.176. The number of aldehydes is 1. The molecule has 0 heterocycles. The summed E-state index contributed by atoms with van der Waals surface area (Å²) < 4.78 is 0. The Morgan fingerprint density at radius 3 is 2.33 bits per heavy atom. The third-order valence-electron chi connectivity index (χ3n) is 1.10. The lowest BCUT2D eigenvalue weighted by Gasteiger charge is -2.09. The van der Waals surface area contributed by atoms with E-state index < -0.39 is 0 Å². The number of carbonyl (C=O) groups excluding carboxylic acids is 1. The van der Waals surface area contributed by atoms with Crippen molar-refractivity contribution in [1.82, 2.24) is 5.43 Å². The number of carbonyl (C=O) groups is 1. The highest BCUT2D eigenvalue weighted by Crippen LogP contribution is 2.00. The molecular weight excluding hydrogens is 116 g/mol. The molecule has 0 fully saturated rings. The van der Waals surface area contributed by atoms with Gasteiger partial charge in [-0.25, -0.2) is 0 Å². The molecule has 0 rings (SSSR count). The topological polar surface area (TPSA) is 55.1 Å². The summed E-state index contributed by atoms with van der Waals surface area (Å²) in [5, 5.41) is 0. The third kappa shape index (κ3) is 4.12. The van der Waals surface area contributed by atoms with Crippen LogP contribution in [0.4, 0.5) is 0 Å². The molecule has 0 amide bonds. The zero-order valence-electron chi connectivity index (χ0n) is 5.92. The Morgan fingerprint density at radius 1 is 1.67 bits per heavy atom. The minimum absolute atomic E-state index is 0.176. The smallest absolute Gasteiger partial charge is 0.138 e. The first-order valence-electron chi connectivity index (χ1n) is 3.12. The Labute approximate surface area is 55.6 Å². The van der Waals surface area contributed by atoms with Crippen LogP contribution in [0.25, 0.3) is 0 Å². The molecule has 1 atom stereocenters. The van der Waals surface area contributed by atoms with Crippen LogP contribution in [0.5, 0.6) is 0 Å². The Morgan fingerprint density at radius 2 is 2.22 bits per heavy atom. The molecule has 0 radical (unpaired) electrons. The maximum atomic E-state index is 10.1. The monoisotopic (exact) mass is 130 g/mol. The second kappa shape index (κ2) is 4.47. The molecule has 0 aromatic carbocycles. The van der Waals surface area contributed by atoms with Gasteiger partial charge in [-0.3, -0.25) is 11.3 Å². The number of hydrazine groups is 1. The summed E-state index contributed by atoms with van der Waals surface area (Å²) in [5.41, 5.74) is 2.42. The molecule has 0 aromatic rings. The average molecular weight is 130 g/mol. The van der Waals surface area contributed by atoms with Crippen LogP contribution in [0.1, 0.15) is 20.3 Å². The molecule has 54 valence electrons. The van der Waals surface area contributed by atoms with Gasteiger partial charge in [-0.2, -0.15) is 0 Å². The first-order valence-corrected chi connectivity index (χ1v) is 3.12. The van der Waals surface area contributed by atoms with E-state index in [0.717, 1.165) is 12.7 Å². The van der Waals surface area contributed by atoms with Gasteiger partial charge in [0.2, 0.25) is 0 Å². The standard InChI is InChI=1S/C6H14N2O/c1-5(2)3-6(4-9)8-7/h4-6,8H,3,7H2,1-2H3/t6-/m0/s1. The van der Waals surface area contributed by atoms with E-state index in [0.29, 0.717) is 5.92 Å². The predicted octanol–water partition coefficient (Wildman–Crippen LogP) is 0.0633. The van der Waals surface area contributed by atoms with Crippen molar-refractivity contribution in [3.63, 3.8) is 0 Å². The molecule has 9 heavy (non-hydrogen) atoms. The molecule has 0 bridgehead atoms. The lowest BCUT2D eigenvalue weighted by molar-refractivity contribution is -0.109. The molecular formula is C6H14N2O. The van der Waals surface area contributed by atoms with Gasteiger partial charge in [-0.1, -0.05) is 13.8 Å². The van der Waals surface area contributed by atoms with Gasteiger partial charge in [-0.05, 0) is 12.3 Å². The van der Waals surface area contributed by atoms with Crippen LogP contribution < -0.4 is 11.3 Å². The highest BCUT2D eigenvalue weighted by molar-refractivity contribution is 5.57. The van der Waals surface area contributed by atoms with Crippen LogP contribution >= 0.6 is 0 Å². The van der Waals surface area contributed by atoms with Gasteiger partial charge in [0.1, 0.15) is 6.29 Å². The number of rotatable bonds is 4. The van der Waals surface area contributed by atoms with Crippen LogP contribution in [0.15, 0.2) is 0 Å². The first-order chi connectivity index (χ1) is 4.20. The van der Waals surface area contributed by atoms with Gasteiger partial charge in [0, 0.05) is 0 Å². The molecule has 3 nitrogen and oxygen atoms in total. The number of hydrogen-bond donors (Lipinski definition) is 2. The molecule has 0 aliphatic carbocycles. The summed E-state index contributed by atoms with van der Waals surface area (Å²) in [7, 11) is 0. The van der Waals surface area contributed by atoms with Crippen LogP contribution in [0.3, 0.4) is 0 Å². The summed E-state index contributed by atoms with van der Waals surface area (Å²) in [4.78, 5) is 10.1. The molecule has 0 aliphatic rings. The van der Waals surface area contributed by atoms with Crippen molar-refractivity contribution in [3.05, 3.63) is 0 Å². The molecule has 3 heteroatoms. The van der Waals surface area contributed by atoms with Crippen molar-refractivity contribution in [2.24, 2.45) is 11.8 Å². The quantitative estimate of drug-likeness (QED) is 0.321. The van der Waals surface area contributed by atoms with E-state index in [1.165, 1.54) is 0 Å². The Hall–Kier alpha value is -0.410. The van der Waals surface area contributed by atoms with Gasteiger partial charge in [0.15, 0.2) is 0 Å². The van der Waals surface area contributed by atoms with Crippen LogP contribution in [0.2, 0.25) is 0 Å². The van der Waals surface area contributed by atoms with Crippen molar-refractivity contribution in [2.75, 3.05) is 0 Å². The van der Waals surface area contributed by atoms with E-state index in [4.69, 9.17) is 5.84 Å². The summed E-state index contributed by atoms with van der Waals surface area (Å²) in [6.45, 7) is 4.10. The van der Waals surface area contributed by atoms with E-state index in [9.17, 15) is 4.79 Å². The fraction of sp³-hybridized carbons (Fsp3) is 0.833. The molecule has 0 aromatic heterocycles. The highest BCUT2D eigenvalue weighted by atomic mass is 16.1. The normalized spacial score (nSPS) is 13.8. The van der Waals surface area contributed by atoms with Crippen LogP contribution in [-0.4, -0.2) is 12.3 Å². The van der Waals surface area contributed by atoms with Crippen molar-refractivity contribution in [3.8, 4) is 0 Å². The van der Waals surface area contributed by atoms with Gasteiger partial charge < -0.3 is 4.79 Å². The zero-order valence-corrected chi connectivity index (χ0v) is 5.92. The fourth-order valence-electron chi connectivity index (χ4n) is 0.671. The van der Waals surface area contributed by atoms with Gasteiger partial charge in [0.05, 0.1) is 6.04 Å². The Kier molecular flexibility index (Phi) is 4.26. The summed E-state index contributed by atoms with van der Waals surface area (Å²) in [6.07, 6.45) is 1.64. The highest BCUT2D eigenvalue weighted by Gasteiger charge is 2.05. The molecule has 0 spiro atoms. The molecule has 3 N–H and O–H groups in total. The van der Waals surface area contributed by atoms with E-state index in [2.05, 4.69) is 5.43 Å². The Bertz CT molecular complexity index is 83.1. The van der Waals surface area contributed by atoms with E-state index in [1.54, 1.807) is 0 Å². The molecule has 0 aliphatic heterocycles. The van der Waals surface area contributed by atoms with Crippen molar-refractivity contribution in [2.45, 2.75) is 26.3 Å². The predicted molar refractivity (Wildman–Crippen MR) is 36.6 cm³/mol. The SMILES string of the molecule is CC(C)C[C@@H](C=O)NN. The molecule has 0 saturated heterocycles. The van der Waals surface area contributed by atoms with E-state index in [1.807, 2.05) is 13.8 Å². The summed E-state index contributed by atoms with van der Waals surface area (Å²) >= 11 is 0. The minimum Gasteiger partial charge on any atom is -0.302 e. The maximum Gasteiger partial charge on any atom is 0.138 e. The number of nitrogens with two attached hydrogens (primary N) is 1. The minimum atomic E-state index is -0.176. The van der Waals surface area contributed by atoms with Crippen LogP contribution in [-0.2, 0) is 4.79 Å². The third-order valence-corrected chi connectivity index (χ3v) is 1.10. The fourth-order valence-corrected chi connectivity index (χ4v) is 0.671. The van der Waals surface area contributed by atoms with E-state index >= 15 is 0 Å². The number of nitrogens with one attached hydrogen (secondary N) is 1. The lowest BCUT2D eigenvalue weighted by atomic mass is 10.1. The van der Waals surface area contributed by atoms with Gasteiger partial charge in [-0.15, -0.1) is 0 Å². The average Bonchev–Trinajstić information content (AvgIpc) is 1.82. The lowest BCUT2D eigenvalue weighted by Crippen LogP contribution is -2.37. The second-order valence-corrected chi connectivity index (χ2v) is 2.54. The van der Waals surface area contributed by atoms with Crippen molar-refractivity contribution >= 4 is 6.29 Å².